The first kappa shape index (κ1) is 13.9. The fraction of sp³-hybridized carbons (Fsp3) is 0.533. The number of nitrogens with zero attached hydrogens (tertiary/aromatic N) is 1. The molecule has 0 atom stereocenters. The molecule has 1 aliphatic heterocycles. The molecule has 0 aliphatic carbocycles. The molecule has 4 nitrogen and oxygen atoms in total. The van der Waals surface area contributed by atoms with Crippen molar-refractivity contribution in [3.05, 3.63) is 29.8 Å². The zero-order valence-electron chi connectivity index (χ0n) is 11.6. The summed E-state index contributed by atoms with van der Waals surface area (Å²) in [6.45, 7) is 2.51. The highest BCUT2D eigenvalue weighted by Gasteiger charge is 2.16. The van der Waals surface area contributed by atoms with E-state index in [0.29, 0.717) is 0 Å². The van der Waals surface area contributed by atoms with Gasteiger partial charge in [0.25, 0.3) is 0 Å². The van der Waals surface area contributed by atoms with Gasteiger partial charge in [-0.1, -0.05) is 31.0 Å². The van der Waals surface area contributed by atoms with E-state index < -0.39 is 0 Å². The number of likely N-dealkylation sites (tertiary alicyclic amines) is 1. The first-order valence-electron chi connectivity index (χ1n) is 7.09. The number of hydrogen-bond donors (Lipinski definition) is 2. The standard InChI is InChI=1S/C15H23N3O/c1-16-12-13-8-4-5-9-14(13)17-15(19)18-10-6-2-3-7-11-18/h4-5,8-9,16H,2-3,6-7,10-12H2,1H3,(H,17,19). The van der Waals surface area contributed by atoms with Gasteiger partial charge in [0.15, 0.2) is 0 Å². The Labute approximate surface area is 115 Å². The summed E-state index contributed by atoms with van der Waals surface area (Å²) in [6.07, 6.45) is 4.71. The summed E-state index contributed by atoms with van der Waals surface area (Å²) in [7, 11) is 1.91. The molecule has 1 heterocycles. The van der Waals surface area contributed by atoms with Crippen LogP contribution in [0, 0.1) is 0 Å². The molecule has 0 bridgehead atoms. The van der Waals surface area contributed by atoms with Crippen molar-refractivity contribution in [2.75, 3.05) is 25.5 Å². The van der Waals surface area contributed by atoms with Crippen LogP contribution in [0.5, 0.6) is 0 Å². The number of urea groups is 1. The van der Waals surface area contributed by atoms with Crippen molar-refractivity contribution in [2.24, 2.45) is 0 Å². The number of benzene rings is 1. The summed E-state index contributed by atoms with van der Waals surface area (Å²) in [4.78, 5) is 14.2. The van der Waals surface area contributed by atoms with Crippen LogP contribution < -0.4 is 10.6 Å². The van der Waals surface area contributed by atoms with E-state index in [1.54, 1.807) is 0 Å². The second-order valence-corrected chi connectivity index (χ2v) is 5.02. The zero-order chi connectivity index (χ0) is 13.5. The SMILES string of the molecule is CNCc1ccccc1NC(=O)N1CCCCCC1. The third-order valence-corrected chi connectivity index (χ3v) is 3.52. The summed E-state index contributed by atoms with van der Waals surface area (Å²) in [5.74, 6) is 0. The lowest BCUT2D eigenvalue weighted by Crippen LogP contribution is -2.35. The van der Waals surface area contributed by atoms with Crippen LogP contribution in [0.1, 0.15) is 31.2 Å². The number of para-hydroxylation sites is 1. The lowest BCUT2D eigenvalue weighted by atomic mass is 10.2. The summed E-state index contributed by atoms with van der Waals surface area (Å²) in [6, 6.07) is 7.98. The Morgan fingerprint density at radius 1 is 1.16 bits per heavy atom. The van der Waals surface area contributed by atoms with Gasteiger partial charge in [0.2, 0.25) is 0 Å². The third-order valence-electron chi connectivity index (χ3n) is 3.52. The minimum Gasteiger partial charge on any atom is -0.325 e. The lowest BCUT2D eigenvalue weighted by Gasteiger charge is -2.21. The smallest absolute Gasteiger partial charge is 0.321 e. The van der Waals surface area contributed by atoms with Crippen molar-refractivity contribution in [1.29, 1.82) is 0 Å². The molecule has 0 aromatic heterocycles. The minimum absolute atomic E-state index is 0.0328. The maximum Gasteiger partial charge on any atom is 0.321 e. The summed E-state index contributed by atoms with van der Waals surface area (Å²) < 4.78 is 0. The van der Waals surface area contributed by atoms with E-state index in [-0.39, 0.29) is 6.03 Å². The highest BCUT2D eigenvalue weighted by molar-refractivity contribution is 5.90. The Bertz CT molecular complexity index is 412. The van der Waals surface area contributed by atoms with Crippen molar-refractivity contribution < 1.29 is 4.79 Å². The van der Waals surface area contributed by atoms with E-state index in [4.69, 9.17) is 0 Å². The molecule has 19 heavy (non-hydrogen) atoms. The predicted octanol–water partition coefficient (Wildman–Crippen LogP) is 2.81. The van der Waals surface area contributed by atoms with Crippen molar-refractivity contribution in [3.63, 3.8) is 0 Å². The quantitative estimate of drug-likeness (QED) is 0.878. The molecule has 2 N–H and O–H groups in total. The Kier molecular flexibility index (Phi) is 5.21. The Balaban J connectivity index is 2.01. The van der Waals surface area contributed by atoms with Gasteiger partial charge < -0.3 is 15.5 Å². The van der Waals surface area contributed by atoms with Crippen LogP contribution in [0.2, 0.25) is 0 Å². The second-order valence-electron chi connectivity index (χ2n) is 5.02. The fourth-order valence-electron chi connectivity index (χ4n) is 2.45. The van der Waals surface area contributed by atoms with Gasteiger partial charge in [0, 0.05) is 25.3 Å². The highest BCUT2D eigenvalue weighted by Crippen LogP contribution is 2.17. The van der Waals surface area contributed by atoms with E-state index >= 15 is 0 Å². The first-order valence-corrected chi connectivity index (χ1v) is 7.09. The molecule has 1 aromatic carbocycles. The number of carbonyl (C=O) groups excluding carboxylic acids is 1. The molecule has 0 saturated carbocycles. The van der Waals surface area contributed by atoms with E-state index in [9.17, 15) is 4.79 Å². The van der Waals surface area contributed by atoms with Crippen molar-refractivity contribution >= 4 is 11.7 Å². The van der Waals surface area contributed by atoms with Gasteiger partial charge in [-0.15, -0.1) is 0 Å². The maximum absolute atomic E-state index is 12.3. The topological polar surface area (TPSA) is 44.4 Å². The number of nitrogens with one attached hydrogen (secondary N) is 2. The van der Waals surface area contributed by atoms with Crippen LogP contribution in [0.4, 0.5) is 10.5 Å². The Hall–Kier alpha value is -1.55. The van der Waals surface area contributed by atoms with Gasteiger partial charge in [-0.3, -0.25) is 0 Å². The number of rotatable bonds is 3. The molecule has 1 fully saturated rings. The monoisotopic (exact) mass is 261 g/mol. The summed E-state index contributed by atoms with van der Waals surface area (Å²) in [5, 5.41) is 6.16. The highest BCUT2D eigenvalue weighted by atomic mass is 16.2. The Morgan fingerprint density at radius 3 is 2.53 bits per heavy atom. The minimum atomic E-state index is 0.0328. The van der Waals surface area contributed by atoms with Crippen molar-refractivity contribution in [2.45, 2.75) is 32.2 Å². The Morgan fingerprint density at radius 2 is 1.84 bits per heavy atom. The fourth-order valence-corrected chi connectivity index (χ4v) is 2.45. The van der Waals surface area contributed by atoms with Crippen LogP contribution in [0.3, 0.4) is 0 Å². The largest absolute Gasteiger partial charge is 0.325 e. The zero-order valence-corrected chi connectivity index (χ0v) is 11.6. The molecular formula is C15H23N3O. The first-order chi connectivity index (χ1) is 9.31. The molecule has 2 rings (SSSR count). The van der Waals surface area contributed by atoms with Crippen LogP contribution >= 0.6 is 0 Å². The molecule has 2 amide bonds. The number of anilines is 1. The van der Waals surface area contributed by atoms with Gasteiger partial charge in [0.05, 0.1) is 0 Å². The molecule has 1 saturated heterocycles. The van der Waals surface area contributed by atoms with E-state index in [1.807, 2.05) is 36.2 Å². The second kappa shape index (κ2) is 7.14. The van der Waals surface area contributed by atoms with Gasteiger partial charge in [-0.2, -0.15) is 0 Å². The van der Waals surface area contributed by atoms with Crippen LogP contribution in [-0.4, -0.2) is 31.1 Å². The number of hydrogen-bond acceptors (Lipinski definition) is 2. The predicted molar refractivity (Wildman–Crippen MR) is 78.3 cm³/mol. The molecule has 0 unspecified atom stereocenters. The van der Waals surface area contributed by atoms with E-state index in [0.717, 1.165) is 43.7 Å². The lowest BCUT2D eigenvalue weighted by molar-refractivity contribution is 0.213. The van der Waals surface area contributed by atoms with Crippen molar-refractivity contribution in [3.8, 4) is 0 Å². The average Bonchev–Trinajstić information content (AvgIpc) is 2.70. The van der Waals surface area contributed by atoms with Crippen LogP contribution in [0.25, 0.3) is 0 Å². The van der Waals surface area contributed by atoms with Crippen LogP contribution in [0.15, 0.2) is 24.3 Å². The molecular weight excluding hydrogens is 238 g/mol. The molecule has 0 spiro atoms. The van der Waals surface area contributed by atoms with E-state index in [1.165, 1.54) is 12.8 Å². The molecule has 1 aliphatic rings. The average molecular weight is 261 g/mol. The summed E-state index contributed by atoms with van der Waals surface area (Å²) >= 11 is 0. The normalized spacial score (nSPS) is 15.9. The van der Waals surface area contributed by atoms with Crippen molar-refractivity contribution in [1.82, 2.24) is 10.2 Å². The number of carbonyl (C=O) groups is 1. The summed E-state index contributed by atoms with van der Waals surface area (Å²) in [5.41, 5.74) is 2.03. The van der Waals surface area contributed by atoms with E-state index in [2.05, 4.69) is 10.6 Å². The molecule has 1 aromatic rings. The number of amides is 2. The van der Waals surface area contributed by atoms with Gasteiger partial charge >= 0.3 is 6.03 Å². The van der Waals surface area contributed by atoms with Crippen LogP contribution in [-0.2, 0) is 6.54 Å². The maximum atomic E-state index is 12.3. The van der Waals surface area contributed by atoms with Gasteiger partial charge in [0.1, 0.15) is 0 Å². The molecule has 0 radical (unpaired) electrons. The third kappa shape index (κ3) is 3.96. The molecule has 104 valence electrons. The van der Waals surface area contributed by atoms with Gasteiger partial charge in [-0.25, -0.2) is 4.79 Å². The van der Waals surface area contributed by atoms with Gasteiger partial charge in [-0.05, 0) is 31.5 Å². The molecule has 4 heteroatoms.